The van der Waals surface area contributed by atoms with Crippen molar-refractivity contribution in [1.29, 1.82) is 0 Å². The van der Waals surface area contributed by atoms with Crippen molar-refractivity contribution in [1.82, 2.24) is 14.9 Å². The smallest absolute Gasteiger partial charge is 0.356 e. The lowest BCUT2D eigenvalue weighted by molar-refractivity contribution is -0.0496. The molecule has 0 amide bonds. The molecule has 11 heteroatoms. The fraction of sp³-hybridized carbons (Fsp3) is 0.944. The van der Waals surface area contributed by atoms with Gasteiger partial charge in [0.15, 0.2) is 5.96 Å². The maximum Gasteiger partial charge on any atom is 0.511 e. The number of rotatable bonds is 7. The number of hydrogen-bond donors (Lipinski definition) is 2. The van der Waals surface area contributed by atoms with Gasteiger partial charge in [-0.2, -0.15) is 17.5 Å². The van der Waals surface area contributed by atoms with Crippen molar-refractivity contribution in [3.05, 3.63) is 0 Å². The minimum Gasteiger partial charge on any atom is -0.356 e. The predicted molar refractivity (Wildman–Crippen MR) is 120 cm³/mol. The SMILES string of the molecule is CN=C(NCC1CCN(S(=O)(=O)C(F)(F)F)CC1)NCC1(CC(C)C)CCC1.I. The topological polar surface area (TPSA) is 73.8 Å². The van der Waals surface area contributed by atoms with Gasteiger partial charge in [0.05, 0.1) is 0 Å². The second-order valence-corrected chi connectivity index (χ2v) is 10.5. The second-order valence-electron chi connectivity index (χ2n) is 8.55. The van der Waals surface area contributed by atoms with Gasteiger partial charge < -0.3 is 10.6 Å². The fourth-order valence-corrected chi connectivity index (χ4v) is 5.21. The monoisotopic (exact) mass is 554 g/mol. The number of hydrogen-bond acceptors (Lipinski definition) is 3. The molecule has 172 valence electrons. The maximum absolute atomic E-state index is 12.6. The second kappa shape index (κ2) is 10.8. The molecule has 2 aliphatic rings. The summed E-state index contributed by atoms with van der Waals surface area (Å²) >= 11 is 0. The predicted octanol–water partition coefficient (Wildman–Crippen LogP) is 3.55. The quantitative estimate of drug-likeness (QED) is 0.287. The molecule has 1 heterocycles. The van der Waals surface area contributed by atoms with Crippen LogP contribution >= 0.6 is 24.0 Å². The normalized spacial score (nSPS) is 21.4. The first kappa shape index (κ1) is 26.7. The number of piperidine rings is 1. The number of nitrogens with zero attached hydrogens (tertiary/aromatic N) is 2. The molecule has 2 N–H and O–H groups in total. The van der Waals surface area contributed by atoms with E-state index in [0.29, 0.717) is 41.0 Å². The summed E-state index contributed by atoms with van der Waals surface area (Å²) in [6, 6.07) is 0. The van der Waals surface area contributed by atoms with Crippen molar-refractivity contribution >= 4 is 40.0 Å². The summed E-state index contributed by atoms with van der Waals surface area (Å²) in [6.07, 6.45) is 5.69. The lowest BCUT2D eigenvalue weighted by atomic mass is 9.64. The van der Waals surface area contributed by atoms with Crippen LogP contribution in [0.15, 0.2) is 4.99 Å². The van der Waals surface area contributed by atoms with Crippen LogP contribution in [0.1, 0.15) is 52.4 Å². The summed E-state index contributed by atoms with van der Waals surface area (Å²) < 4.78 is 61.4. The summed E-state index contributed by atoms with van der Waals surface area (Å²) in [5.41, 5.74) is -4.89. The fourth-order valence-electron chi connectivity index (χ4n) is 4.23. The van der Waals surface area contributed by atoms with Crippen LogP contribution in [0.2, 0.25) is 0 Å². The molecule has 0 unspecified atom stereocenters. The highest BCUT2D eigenvalue weighted by molar-refractivity contribution is 14.0. The van der Waals surface area contributed by atoms with Gasteiger partial charge in [-0.1, -0.05) is 20.3 Å². The highest BCUT2D eigenvalue weighted by atomic mass is 127. The van der Waals surface area contributed by atoms with Gasteiger partial charge in [0.25, 0.3) is 0 Å². The Bertz CT molecular complexity index is 644. The third-order valence-electron chi connectivity index (χ3n) is 5.87. The molecule has 2 rings (SSSR count). The van der Waals surface area contributed by atoms with Gasteiger partial charge in [-0.15, -0.1) is 24.0 Å². The lowest BCUT2D eigenvalue weighted by Crippen LogP contribution is -2.49. The number of sulfonamides is 1. The van der Waals surface area contributed by atoms with Crippen LogP contribution < -0.4 is 10.6 Å². The van der Waals surface area contributed by atoms with Gasteiger partial charge in [0.1, 0.15) is 0 Å². The number of aliphatic imine (C=N–C) groups is 1. The zero-order valence-corrected chi connectivity index (χ0v) is 20.5. The van der Waals surface area contributed by atoms with E-state index in [2.05, 4.69) is 29.5 Å². The average molecular weight is 554 g/mol. The first-order valence-electron chi connectivity index (χ1n) is 10.00. The van der Waals surface area contributed by atoms with Crippen molar-refractivity contribution in [3.8, 4) is 0 Å². The molecule has 2 fully saturated rings. The van der Waals surface area contributed by atoms with Crippen LogP contribution in [0.4, 0.5) is 13.2 Å². The Hall–Kier alpha value is -0.300. The summed E-state index contributed by atoms with van der Waals surface area (Å²) in [6.45, 7) is 5.70. The molecule has 1 aliphatic heterocycles. The summed E-state index contributed by atoms with van der Waals surface area (Å²) in [7, 11) is -3.52. The molecule has 29 heavy (non-hydrogen) atoms. The molecule has 1 saturated heterocycles. The van der Waals surface area contributed by atoms with Crippen LogP contribution in [-0.4, -0.2) is 57.4 Å². The molecule has 0 radical (unpaired) electrons. The van der Waals surface area contributed by atoms with Crippen molar-refractivity contribution in [3.63, 3.8) is 0 Å². The van der Waals surface area contributed by atoms with E-state index in [1.54, 1.807) is 7.05 Å². The molecule has 0 spiro atoms. The van der Waals surface area contributed by atoms with Crippen molar-refractivity contribution < 1.29 is 21.6 Å². The molecule has 0 bridgehead atoms. The van der Waals surface area contributed by atoms with Crippen LogP contribution in [0, 0.1) is 17.3 Å². The molecule has 6 nitrogen and oxygen atoms in total. The summed E-state index contributed by atoms with van der Waals surface area (Å²) in [5, 5.41) is 6.64. The van der Waals surface area contributed by atoms with Gasteiger partial charge in [0.2, 0.25) is 0 Å². The van der Waals surface area contributed by atoms with Crippen LogP contribution in [0.5, 0.6) is 0 Å². The Morgan fingerprint density at radius 2 is 1.79 bits per heavy atom. The van der Waals surface area contributed by atoms with E-state index in [4.69, 9.17) is 0 Å². The van der Waals surface area contributed by atoms with Crippen LogP contribution in [0.25, 0.3) is 0 Å². The first-order chi connectivity index (χ1) is 13.0. The Balaban J connectivity index is 0.00000420. The highest BCUT2D eigenvalue weighted by Gasteiger charge is 2.50. The van der Waals surface area contributed by atoms with E-state index in [1.165, 1.54) is 25.7 Å². The van der Waals surface area contributed by atoms with E-state index in [-0.39, 0.29) is 43.0 Å². The Kier molecular flexibility index (Phi) is 9.98. The average Bonchev–Trinajstić information content (AvgIpc) is 2.58. The molecule has 0 aromatic carbocycles. The molecule has 0 aromatic rings. The number of nitrogens with one attached hydrogen (secondary N) is 2. The highest BCUT2D eigenvalue weighted by Crippen LogP contribution is 2.45. The van der Waals surface area contributed by atoms with Gasteiger partial charge in [-0.3, -0.25) is 4.99 Å². The van der Waals surface area contributed by atoms with Crippen LogP contribution in [-0.2, 0) is 10.0 Å². The van der Waals surface area contributed by atoms with Gasteiger partial charge in [-0.25, -0.2) is 8.42 Å². The molecular weight excluding hydrogens is 520 g/mol. The van der Waals surface area contributed by atoms with E-state index in [9.17, 15) is 21.6 Å². The zero-order chi connectivity index (χ0) is 21.0. The molecule has 0 aromatic heterocycles. The first-order valence-corrected chi connectivity index (χ1v) is 11.4. The molecule has 1 saturated carbocycles. The van der Waals surface area contributed by atoms with Crippen molar-refractivity contribution in [2.75, 3.05) is 33.2 Å². The third kappa shape index (κ3) is 7.12. The Labute approximate surface area is 189 Å². The number of guanidine groups is 1. The number of halogens is 4. The Morgan fingerprint density at radius 3 is 2.21 bits per heavy atom. The standard InChI is InChI=1S/C18H33F3N4O2S.HI/c1-14(2)11-17(7-4-8-17)13-24-16(22-3)23-12-15-5-9-25(10-6-15)28(26,27)18(19,20)21;/h14-15H,4-13H2,1-3H3,(H2,22,23,24);1H. The molecule has 1 aliphatic carbocycles. The van der Waals surface area contributed by atoms with Gasteiger partial charge in [-0.05, 0) is 49.4 Å². The van der Waals surface area contributed by atoms with E-state index in [0.717, 1.165) is 6.54 Å². The maximum atomic E-state index is 12.6. The minimum absolute atomic E-state index is 0. The minimum atomic E-state index is -5.22. The van der Waals surface area contributed by atoms with Crippen molar-refractivity contribution in [2.24, 2.45) is 22.2 Å². The molecule has 0 atom stereocenters. The van der Waals surface area contributed by atoms with E-state index < -0.39 is 15.5 Å². The Morgan fingerprint density at radius 1 is 1.21 bits per heavy atom. The number of alkyl halides is 3. The summed E-state index contributed by atoms with van der Waals surface area (Å²) in [4.78, 5) is 4.24. The lowest BCUT2D eigenvalue weighted by Gasteiger charge is -2.43. The largest absolute Gasteiger partial charge is 0.511 e. The third-order valence-corrected chi connectivity index (χ3v) is 7.50. The van der Waals surface area contributed by atoms with E-state index >= 15 is 0 Å². The zero-order valence-electron chi connectivity index (χ0n) is 17.4. The summed E-state index contributed by atoms with van der Waals surface area (Å²) in [5.74, 6) is 1.46. The van der Waals surface area contributed by atoms with E-state index in [1.807, 2.05) is 0 Å². The van der Waals surface area contributed by atoms with Crippen LogP contribution in [0.3, 0.4) is 0 Å². The molecular formula is C18H34F3IN4O2S. The van der Waals surface area contributed by atoms with Gasteiger partial charge >= 0.3 is 15.5 Å². The van der Waals surface area contributed by atoms with Crippen molar-refractivity contribution in [2.45, 2.75) is 57.9 Å². The van der Waals surface area contributed by atoms with Gasteiger partial charge in [0, 0.05) is 33.2 Å².